The van der Waals surface area contributed by atoms with Gasteiger partial charge in [-0.25, -0.2) is 0 Å². The molecule has 1 aliphatic rings. The average Bonchev–Trinajstić information content (AvgIpc) is 2.55. The molecule has 0 unspecified atom stereocenters. The maximum absolute atomic E-state index is 12.3. The molecule has 0 saturated heterocycles. The van der Waals surface area contributed by atoms with E-state index in [1.165, 1.54) is 18.4 Å². The number of carbonyl (C=O) groups is 1. The van der Waals surface area contributed by atoms with E-state index in [9.17, 15) is 9.59 Å². The van der Waals surface area contributed by atoms with Gasteiger partial charge in [-0.1, -0.05) is 11.6 Å². The second-order valence-electron chi connectivity index (χ2n) is 5.98. The average molecular weight is 311 g/mol. The maximum atomic E-state index is 12.3. The summed E-state index contributed by atoms with van der Waals surface area (Å²) in [7, 11) is 0. The predicted octanol–water partition coefficient (Wildman–Crippen LogP) is 2.85. The minimum absolute atomic E-state index is 0.145. The molecule has 2 heterocycles. The third kappa shape index (κ3) is 3.50. The number of hydrogen-bond acceptors (Lipinski definition) is 3. The van der Waals surface area contributed by atoms with Gasteiger partial charge in [0, 0.05) is 23.8 Å². The lowest BCUT2D eigenvalue weighted by molar-refractivity contribution is 0.0952. The van der Waals surface area contributed by atoms with Gasteiger partial charge in [-0.05, 0) is 51.2 Å². The fourth-order valence-corrected chi connectivity index (χ4v) is 3.00. The zero-order chi connectivity index (χ0) is 16.2. The second-order valence-corrected chi connectivity index (χ2v) is 5.98. The molecular formula is C18H21N3O2. The highest BCUT2D eigenvalue weighted by molar-refractivity contribution is 5.97. The molecule has 0 aromatic carbocycles. The number of H-pyrrole nitrogens is 1. The number of pyridine rings is 2. The number of nitrogens with one attached hydrogen (secondary N) is 2. The van der Waals surface area contributed by atoms with Crippen LogP contribution in [0.5, 0.6) is 0 Å². The fraction of sp³-hybridized carbons (Fsp3) is 0.389. The summed E-state index contributed by atoms with van der Waals surface area (Å²) in [5, 5.41) is 3.65. The first kappa shape index (κ1) is 15.5. The van der Waals surface area contributed by atoms with Gasteiger partial charge >= 0.3 is 0 Å². The number of aromatic amines is 1. The number of carbonyl (C=O) groups excluding carboxylic acids is 1. The Morgan fingerprint density at radius 3 is 3.04 bits per heavy atom. The first-order chi connectivity index (χ1) is 11.1. The molecule has 120 valence electrons. The Hall–Kier alpha value is -2.43. The zero-order valence-electron chi connectivity index (χ0n) is 13.3. The molecule has 0 bridgehead atoms. The van der Waals surface area contributed by atoms with E-state index in [2.05, 4.69) is 21.4 Å². The van der Waals surface area contributed by atoms with Crippen molar-refractivity contribution in [1.82, 2.24) is 15.3 Å². The number of aryl methyl sites for hydroxylation is 1. The smallest absolute Gasteiger partial charge is 0.261 e. The molecule has 0 atom stereocenters. The topological polar surface area (TPSA) is 74.8 Å². The molecule has 0 fully saturated rings. The summed E-state index contributed by atoms with van der Waals surface area (Å²) in [6.07, 6.45) is 9.53. The Morgan fingerprint density at radius 2 is 2.26 bits per heavy atom. The van der Waals surface area contributed by atoms with E-state index in [-0.39, 0.29) is 17.0 Å². The zero-order valence-corrected chi connectivity index (χ0v) is 13.3. The van der Waals surface area contributed by atoms with Gasteiger partial charge in [0.2, 0.25) is 0 Å². The van der Waals surface area contributed by atoms with E-state index in [0.717, 1.165) is 30.3 Å². The third-order valence-corrected chi connectivity index (χ3v) is 4.33. The number of allylic oxidation sites excluding steroid dienone is 1. The minimum atomic E-state index is -0.363. The van der Waals surface area contributed by atoms with Crippen LogP contribution in [0.25, 0.3) is 10.9 Å². The molecule has 0 radical (unpaired) electrons. The van der Waals surface area contributed by atoms with Crippen LogP contribution < -0.4 is 10.9 Å². The summed E-state index contributed by atoms with van der Waals surface area (Å²) >= 11 is 0. The van der Waals surface area contributed by atoms with Gasteiger partial charge in [-0.3, -0.25) is 14.6 Å². The Kier molecular flexibility index (Phi) is 4.55. The van der Waals surface area contributed by atoms with Crippen molar-refractivity contribution in [2.75, 3.05) is 6.54 Å². The minimum Gasteiger partial charge on any atom is -0.352 e. The van der Waals surface area contributed by atoms with Gasteiger partial charge < -0.3 is 10.3 Å². The van der Waals surface area contributed by atoms with Crippen LogP contribution in [0.15, 0.2) is 34.8 Å². The van der Waals surface area contributed by atoms with Crippen molar-refractivity contribution >= 4 is 16.8 Å². The van der Waals surface area contributed by atoms with Crippen molar-refractivity contribution in [2.45, 2.75) is 39.0 Å². The summed E-state index contributed by atoms with van der Waals surface area (Å²) in [5.74, 6) is -0.326. The molecule has 2 aromatic rings. The van der Waals surface area contributed by atoms with Crippen LogP contribution in [0.1, 0.15) is 48.2 Å². The van der Waals surface area contributed by atoms with Crippen molar-refractivity contribution in [3.05, 3.63) is 51.6 Å². The van der Waals surface area contributed by atoms with Crippen LogP contribution >= 0.6 is 0 Å². The van der Waals surface area contributed by atoms with Gasteiger partial charge in [-0.15, -0.1) is 0 Å². The van der Waals surface area contributed by atoms with Crippen molar-refractivity contribution < 1.29 is 4.79 Å². The van der Waals surface area contributed by atoms with Crippen molar-refractivity contribution in [1.29, 1.82) is 0 Å². The lowest BCUT2D eigenvalue weighted by atomic mass is 9.97. The van der Waals surface area contributed by atoms with E-state index in [1.807, 2.05) is 6.92 Å². The fourth-order valence-electron chi connectivity index (χ4n) is 3.00. The highest BCUT2D eigenvalue weighted by atomic mass is 16.2. The molecule has 2 aromatic heterocycles. The lowest BCUT2D eigenvalue weighted by Gasteiger charge is -2.13. The van der Waals surface area contributed by atoms with Crippen molar-refractivity contribution in [3.8, 4) is 0 Å². The molecular weight excluding hydrogens is 290 g/mol. The molecule has 5 heteroatoms. The van der Waals surface area contributed by atoms with E-state index >= 15 is 0 Å². The quantitative estimate of drug-likeness (QED) is 0.853. The molecule has 2 N–H and O–H groups in total. The molecule has 5 nitrogen and oxygen atoms in total. The molecule has 3 rings (SSSR count). The van der Waals surface area contributed by atoms with Gasteiger partial charge in [0.05, 0.1) is 5.52 Å². The molecule has 1 amide bonds. The summed E-state index contributed by atoms with van der Waals surface area (Å²) in [6.45, 7) is 2.42. The monoisotopic (exact) mass is 311 g/mol. The van der Waals surface area contributed by atoms with E-state index in [4.69, 9.17) is 0 Å². The second kappa shape index (κ2) is 6.77. The highest BCUT2D eigenvalue weighted by Crippen LogP contribution is 2.19. The molecule has 0 aliphatic heterocycles. The summed E-state index contributed by atoms with van der Waals surface area (Å²) < 4.78 is 0. The number of aromatic nitrogens is 2. The Balaban J connectivity index is 1.73. The molecule has 0 spiro atoms. The summed E-state index contributed by atoms with van der Waals surface area (Å²) in [5.41, 5.74) is 2.68. The van der Waals surface area contributed by atoms with Gasteiger partial charge in [0.1, 0.15) is 5.56 Å². The largest absolute Gasteiger partial charge is 0.352 e. The predicted molar refractivity (Wildman–Crippen MR) is 90.6 cm³/mol. The number of nitrogens with zero attached hydrogens (tertiary/aromatic N) is 1. The standard InChI is InChI=1S/C18H21N3O2/c1-12-14-11-15(18(23)21-16(14)8-10-19-12)17(22)20-9-7-13-5-3-2-4-6-13/h5,8,10-11H,2-4,6-7,9H2,1H3,(H,20,22)(H,21,23). The van der Waals surface area contributed by atoms with Crippen LogP contribution in [-0.2, 0) is 0 Å². The van der Waals surface area contributed by atoms with Gasteiger partial charge in [0.15, 0.2) is 0 Å². The van der Waals surface area contributed by atoms with Crippen LogP contribution in [0.3, 0.4) is 0 Å². The van der Waals surface area contributed by atoms with Crippen molar-refractivity contribution in [3.63, 3.8) is 0 Å². The number of rotatable bonds is 4. The summed E-state index contributed by atoms with van der Waals surface area (Å²) in [4.78, 5) is 31.3. The summed E-state index contributed by atoms with van der Waals surface area (Å²) in [6, 6.07) is 3.37. The maximum Gasteiger partial charge on any atom is 0.261 e. The van der Waals surface area contributed by atoms with E-state index < -0.39 is 0 Å². The SMILES string of the molecule is Cc1nccc2[nH]c(=O)c(C(=O)NCCC3=CCCCC3)cc12. The first-order valence-corrected chi connectivity index (χ1v) is 8.10. The van der Waals surface area contributed by atoms with Gasteiger partial charge in [0.25, 0.3) is 11.5 Å². The number of fused-ring (bicyclic) bond motifs is 1. The normalized spacial score (nSPS) is 14.6. The van der Waals surface area contributed by atoms with Crippen LogP contribution in [-0.4, -0.2) is 22.4 Å². The lowest BCUT2D eigenvalue weighted by Crippen LogP contribution is -2.30. The Morgan fingerprint density at radius 1 is 1.39 bits per heavy atom. The van der Waals surface area contributed by atoms with Crippen molar-refractivity contribution in [2.24, 2.45) is 0 Å². The Bertz CT molecular complexity index is 821. The number of amides is 1. The molecule has 0 saturated carbocycles. The van der Waals surface area contributed by atoms with Gasteiger partial charge in [-0.2, -0.15) is 0 Å². The first-order valence-electron chi connectivity index (χ1n) is 8.10. The molecule has 1 aliphatic carbocycles. The molecule has 23 heavy (non-hydrogen) atoms. The van der Waals surface area contributed by atoms with Crippen LogP contribution in [0.2, 0.25) is 0 Å². The van der Waals surface area contributed by atoms with Crippen LogP contribution in [0.4, 0.5) is 0 Å². The third-order valence-electron chi connectivity index (χ3n) is 4.33. The van der Waals surface area contributed by atoms with E-state index in [0.29, 0.717) is 12.1 Å². The Labute approximate surface area is 134 Å². The van der Waals surface area contributed by atoms with E-state index in [1.54, 1.807) is 18.3 Å². The number of hydrogen-bond donors (Lipinski definition) is 2. The highest BCUT2D eigenvalue weighted by Gasteiger charge is 2.13. The van der Waals surface area contributed by atoms with Crippen LogP contribution in [0, 0.1) is 6.92 Å².